The van der Waals surface area contributed by atoms with Crippen LogP contribution >= 0.6 is 7.49 Å². The molecule has 5 nitrogen and oxygen atoms in total. The summed E-state index contributed by atoms with van der Waals surface area (Å²) in [5.41, 5.74) is 1.42. The van der Waals surface area contributed by atoms with E-state index in [1.54, 1.807) is 12.1 Å². The van der Waals surface area contributed by atoms with Gasteiger partial charge in [-0.2, -0.15) is 5.10 Å². The van der Waals surface area contributed by atoms with Crippen LogP contribution in [-0.4, -0.2) is 51.9 Å². The lowest BCUT2D eigenvalue weighted by molar-refractivity contribution is 0.281. The van der Waals surface area contributed by atoms with Crippen molar-refractivity contribution in [3.8, 4) is 0 Å². The van der Waals surface area contributed by atoms with E-state index < -0.39 is 7.49 Å². The highest BCUT2D eigenvalue weighted by atomic mass is 31.2. The van der Waals surface area contributed by atoms with Gasteiger partial charge in [0, 0.05) is 31.4 Å². The predicted molar refractivity (Wildman–Crippen MR) is 119 cm³/mol. The Kier molecular flexibility index (Phi) is 5.18. The van der Waals surface area contributed by atoms with Crippen LogP contribution in [-0.2, 0) is 6.42 Å². The molecule has 7 heteroatoms. The van der Waals surface area contributed by atoms with Crippen molar-refractivity contribution in [1.29, 1.82) is 0 Å². The smallest absolute Gasteiger partial charge is 0.272 e. The molecule has 0 radical (unpaired) electrons. The van der Waals surface area contributed by atoms with Crippen LogP contribution in [0.4, 0.5) is 4.39 Å². The summed E-state index contributed by atoms with van der Waals surface area (Å²) < 4.78 is 14.8. The molecule has 1 aliphatic carbocycles. The summed E-state index contributed by atoms with van der Waals surface area (Å²) in [5.74, 6) is 0.513. The first kappa shape index (κ1) is 19.8. The highest BCUT2D eigenvalue weighted by Gasteiger charge is 2.45. The van der Waals surface area contributed by atoms with Gasteiger partial charge >= 0.3 is 0 Å². The quantitative estimate of drug-likeness (QED) is 0.616. The van der Waals surface area contributed by atoms with E-state index in [9.17, 15) is 14.1 Å². The van der Waals surface area contributed by atoms with E-state index in [1.165, 1.54) is 18.9 Å². The molecule has 2 N–H and O–H groups in total. The molecule has 2 aliphatic rings. The number of H-pyrrole nitrogens is 1. The van der Waals surface area contributed by atoms with Crippen molar-refractivity contribution in [1.82, 2.24) is 15.1 Å². The maximum absolute atomic E-state index is 14.8. The molecule has 2 fully saturated rings. The Morgan fingerprint density at radius 1 is 1.13 bits per heavy atom. The number of hydrogen-bond donors (Lipinski definition) is 2. The molecular weight excluding hydrogens is 400 g/mol. The molecule has 1 aliphatic heterocycles. The summed E-state index contributed by atoms with van der Waals surface area (Å²) in [6.45, 7) is 2.81. The topological polar surface area (TPSA) is 69.2 Å². The fourth-order valence-electron chi connectivity index (χ4n) is 4.41. The van der Waals surface area contributed by atoms with E-state index in [0.29, 0.717) is 29.4 Å². The van der Waals surface area contributed by atoms with Crippen molar-refractivity contribution in [2.75, 3.05) is 32.0 Å². The number of hydrogen-bond acceptors (Lipinski definition) is 4. The van der Waals surface area contributed by atoms with Crippen molar-refractivity contribution < 1.29 is 9.28 Å². The van der Waals surface area contributed by atoms with Crippen LogP contribution in [0.3, 0.4) is 0 Å². The van der Waals surface area contributed by atoms with E-state index in [1.807, 2.05) is 24.3 Å². The summed E-state index contributed by atoms with van der Waals surface area (Å²) >= 11 is 0. The lowest BCUT2D eigenvalue weighted by Gasteiger charge is -2.32. The number of fused-ring (bicyclic) bond motifs is 1. The van der Waals surface area contributed by atoms with Gasteiger partial charge < -0.3 is 0 Å². The average molecular weight is 426 g/mol. The second-order valence-electron chi connectivity index (χ2n) is 8.62. The van der Waals surface area contributed by atoms with E-state index in [0.717, 1.165) is 42.2 Å². The fourth-order valence-corrected chi connectivity index (χ4v) is 7.22. The average Bonchev–Trinajstić information content (AvgIpc) is 3.57. The van der Waals surface area contributed by atoms with Crippen molar-refractivity contribution >= 4 is 23.6 Å². The highest BCUT2D eigenvalue weighted by molar-refractivity contribution is 7.77. The van der Waals surface area contributed by atoms with E-state index >= 15 is 0 Å². The molecule has 0 atom stereocenters. The molecule has 1 saturated heterocycles. The maximum Gasteiger partial charge on any atom is 0.272 e. The summed E-state index contributed by atoms with van der Waals surface area (Å²) in [5, 5.41) is 8.68. The Labute approximate surface area is 175 Å². The number of aromatic amines is 1. The Morgan fingerprint density at radius 2 is 1.87 bits per heavy atom. The largest absolute Gasteiger partial charge is 0.296 e. The van der Waals surface area contributed by atoms with Gasteiger partial charge in [0.2, 0.25) is 0 Å². The molecule has 30 heavy (non-hydrogen) atoms. The lowest BCUT2D eigenvalue weighted by atomic mass is 10.0. The molecule has 0 amide bonds. The Morgan fingerprint density at radius 3 is 2.60 bits per heavy atom. The van der Waals surface area contributed by atoms with E-state index in [-0.39, 0.29) is 11.4 Å². The summed E-state index contributed by atoms with van der Waals surface area (Å²) in [7, 11) is -2.50. The second-order valence-corrected chi connectivity index (χ2v) is 11.8. The van der Waals surface area contributed by atoms with Crippen molar-refractivity contribution in [2.24, 2.45) is 5.92 Å². The summed E-state index contributed by atoms with van der Waals surface area (Å²) in [4.78, 5) is 25.8. The number of halogens is 1. The minimum atomic E-state index is -2.50. The van der Waals surface area contributed by atoms with Crippen LogP contribution in [0, 0.1) is 11.7 Å². The maximum atomic E-state index is 14.8. The number of benzene rings is 2. The third kappa shape index (κ3) is 3.92. The molecule has 156 valence electrons. The number of aromatic nitrogens is 2. The van der Waals surface area contributed by atoms with Gasteiger partial charge in [0.1, 0.15) is 12.3 Å². The first-order chi connectivity index (χ1) is 14.5. The van der Waals surface area contributed by atoms with Crippen molar-refractivity contribution in [3.63, 3.8) is 0 Å². The lowest BCUT2D eigenvalue weighted by Crippen LogP contribution is -2.40. The molecule has 3 aromatic rings. The number of nitrogens with zero attached hydrogens (tertiary/aromatic N) is 2. The first-order valence-electron chi connectivity index (χ1n) is 10.6. The molecule has 0 spiro atoms. The monoisotopic (exact) mass is 426 g/mol. The van der Waals surface area contributed by atoms with Crippen LogP contribution < -0.4 is 10.9 Å². The Balaban J connectivity index is 1.40. The van der Waals surface area contributed by atoms with Crippen LogP contribution in [0.1, 0.15) is 24.1 Å². The highest BCUT2D eigenvalue weighted by Crippen LogP contribution is 2.55. The van der Waals surface area contributed by atoms with Gasteiger partial charge in [0.05, 0.1) is 11.1 Å². The molecule has 1 aromatic heterocycles. The third-order valence-electron chi connectivity index (χ3n) is 6.39. The minimum Gasteiger partial charge on any atom is -0.296 e. The van der Waals surface area contributed by atoms with Crippen LogP contribution in [0.5, 0.6) is 0 Å². The first-order valence-corrected chi connectivity index (χ1v) is 12.7. The van der Waals surface area contributed by atoms with Gasteiger partial charge in [0.15, 0.2) is 18.6 Å². The molecular formula is C23H26FN3O2P+. The third-order valence-corrected chi connectivity index (χ3v) is 9.51. The molecule has 2 aromatic carbocycles. The molecule has 1 saturated carbocycles. The van der Waals surface area contributed by atoms with Gasteiger partial charge in [-0.05, 0) is 42.5 Å². The zero-order valence-electron chi connectivity index (χ0n) is 16.9. The second kappa shape index (κ2) is 7.84. The van der Waals surface area contributed by atoms with Crippen LogP contribution in [0.15, 0.2) is 47.3 Å². The van der Waals surface area contributed by atoms with Crippen molar-refractivity contribution in [2.45, 2.75) is 19.3 Å². The van der Waals surface area contributed by atoms with Crippen LogP contribution in [0.2, 0.25) is 0 Å². The standard InChI is InChI=1S/C23H25FN3O2P/c24-20-8-7-17(13-21-18-3-1-2-4-19(18)23(28)26-25-21)14-22(20)30(29)11-9-27(10-12-30)15-16-5-6-16/h1-4,7-8,14,16,29H,5-6,9-13,15H2/p+1. The minimum absolute atomic E-state index is 0.215. The normalized spacial score (nSPS) is 19.3. The zero-order valence-corrected chi connectivity index (χ0v) is 17.7. The van der Waals surface area contributed by atoms with Crippen molar-refractivity contribution in [3.05, 3.63) is 69.9 Å². The van der Waals surface area contributed by atoms with Gasteiger partial charge in [-0.25, -0.2) is 14.4 Å². The summed E-state index contributed by atoms with van der Waals surface area (Å²) in [6, 6.07) is 12.4. The zero-order chi connectivity index (χ0) is 20.7. The molecule has 0 bridgehead atoms. The van der Waals surface area contributed by atoms with Crippen LogP contribution in [0.25, 0.3) is 10.8 Å². The SMILES string of the molecule is O=c1[nH]nc(Cc2ccc(F)c([P+]3(O)CCN(CC4CC4)CC3)c2)c2ccccc12. The number of rotatable bonds is 5. The fraction of sp³-hybridized carbons (Fsp3) is 0.391. The molecule has 0 unspecified atom stereocenters. The van der Waals surface area contributed by atoms with Gasteiger partial charge in [-0.15, -0.1) is 0 Å². The Hall–Kier alpha value is -2.14. The van der Waals surface area contributed by atoms with Gasteiger partial charge in [0.25, 0.3) is 5.56 Å². The number of nitrogens with one attached hydrogen (secondary N) is 1. The molecule has 5 rings (SSSR count). The van der Waals surface area contributed by atoms with E-state index in [2.05, 4.69) is 15.1 Å². The van der Waals surface area contributed by atoms with Gasteiger partial charge in [-0.1, -0.05) is 24.3 Å². The van der Waals surface area contributed by atoms with E-state index in [4.69, 9.17) is 0 Å². The van der Waals surface area contributed by atoms with Gasteiger partial charge in [-0.3, -0.25) is 9.69 Å². The summed E-state index contributed by atoms with van der Waals surface area (Å²) in [6.07, 6.45) is 4.42. The predicted octanol–water partition coefficient (Wildman–Crippen LogP) is 2.93. The molecule has 2 heterocycles. The Bertz CT molecular complexity index is 1140.